The first-order valence-electron chi connectivity index (χ1n) is 5.31. The first kappa shape index (κ1) is 8.72. The van der Waals surface area contributed by atoms with Crippen molar-refractivity contribution in [2.75, 3.05) is 7.11 Å². The predicted octanol–water partition coefficient (Wildman–Crippen LogP) is 3.12. The number of ether oxygens (including phenoxy) is 1. The molecule has 2 aromatic rings. The van der Waals surface area contributed by atoms with Gasteiger partial charge < -0.3 is 4.74 Å². The van der Waals surface area contributed by atoms with E-state index in [1.807, 2.05) is 18.3 Å². The van der Waals surface area contributed by atoms with Crippen LogP contribution < -0.4 is 4.74 Å². The minimum Gasteiger partial charge on any atom is -0.497 e. The molecule has 1 aromatic heterocycles. The summed E-state index contributed by atoms with van der Waals surface area (Å²) in [6.45, 7) is 0. The van der Waals surface area contributed by atoms with E-state index in [2.05, 4.69) is 17.1 Å². The lowest BCUT2D eigenvalue weighted by molar-refractivity contribution is 0.415. The van der Waals surface area contributed by atoms with Crippen LogP contribution in [0.5, 0.6) is 5.75 Å². The summed E-state index contributed by atoms with van der Waals surface area (Å²) in [6.07, 6.45) is 4.48. The van der Waals surface area contributed by atoms with Crippen LogP contribution in [0.1, 0.15) is 24.5 Å². The van der Waals surface area contributed by atoms with Gasteiger partial charge in [0.1, 0.15) is 5.75 Å². The second-order valence-corrected chi connectivity index (χ2v) is 4.06. The van der Waals surface area contributed by atoms with E-state index in [0.717, 1.165) is 5.75 Å². The minimum atomic E-state index is 0.696. The quantitative estimate of drug-likeness (QED) is 0.741. The Hall–Kier alpha value is -1.57. The van der Waals surface area contributed by atoms with Gasteiger partial charge in [-0.15, -0.1) is 0 Å². The van der Waals surface area contributed by atoms with Crippen molar-refractivity contribution < 1.29 is 4.74 Å². The fourth-order valence-corrected chi connectivity index (χ4v) is 1.99. The lowest BCUT2D eigenvalue weighted by Gasteiger charge is -2.05. The fourth-order valence-electron chi connectivity index (χ4n) is 1.99. The molecular weight excluding hydrogens is 186 g/mol. The van der Waals surface area contributed by atoms with Crippen LogP contribution in [0.2, 0.25) is 0 Å². The molecule has 0 atom stereocenters. The van der Waals surface area contributed by atoms with Crippen LogP contribution in [-0.4, -0.2) is 12.1 Å². The maximum atomic E-state index is 5.22. The molecule has 1 aromatic carbocycles. The van der Waals surface area contributed by atoms with E-state index in [-0.39, 0.29) is 0 Å². The molecule has 0 N–H and O–H groups in total. The zero-order valence-electron chi connectivity index (χ0n) is 8.73. The highest BCUT2D eigenvalue weighted by molar-refractivity contribution is 5.86. The van der Waals surface area contributed by atoms with Gasteiger partial charge in [0.15, 0.2) is 0 Å². The first-order valence-corrected chi connectivity index (χ1v) is 5.31. The Morgan fingerprint density at radius 2 is 2.13 bits per heavy atom. The van der Waals surface area contributed by atoms with Gasteiger partial charge in [0, 0.05) is 17.5 Å². The number of hydrogen-bond donors (Lipinski definition) is 0. The van der Waals surface area contributed by atoms with Crippen molar-refractivity contribution in [1.29, 1.82) is 0 Å². The number of fused-ring (bicyclic) bond motifs is 1. The van der Waals surface area contributed by atoms with Crippen LogP contribution in [-0.2, 0) is 0 Å². The third-order valence-electron chi connectivity index (χ3n) is 2.97. The van der Waals surface area contributed by atoms with E-state index in [1.165, 1.54) is 29.3 Å². The third kappa shape index (κ3) is 1.46. The number of methoxy groups -OCH3 is 1. The van der Waals surface area contributed by atoms with Crippen molar-refractivity contribution in [3.8, 4) is 5.75 Å². The van der Waals surface area contributed by atoms with Gasteiger partial charge in [-0.2, -0.15) is 0 Å². The summed E-state index contributed by atoms with van der Waals surface area (Å²) in [5.74, 6) is 1.61. The lowest BCUT2D eigenvalue weighted by Crippen LogP contribution is -1.89. The second kappa shape index (κ2) is 3.23. The van der Waals surface area contributed by atoms with E-state index in [1.54, 1.807) is 7.11 Å². The Morgan fingerprint density at radius 1 is 1.27 bits per heavy atom. The van der Waals surface area contributed by atoms with Gasteiger partial charge in [-0.3, -0.25) is 4.98 Å². The Bertz CT molecular complexity index is 503. The molecular formula is C13H13NO. The molecule has 2 nitrogen and oxygen atoms in total. The number of hydrogen-bond acceptors (Lipinski definition) is 2. The van der Waals surface area contributed by atoms with Gasteiger partial charge in [-0.05, 0) is 42.5 Å². The molecule has 0 saturated heterocycles. The molecule has 0 unspecified atom stereocenters. The smallest absolute Gasteiger partial charge is 0.119 e. The molecule has 1 aliphatic carbocycles. The Kier molecular flexibility index (Phi) is 1.88. The Labute approximate surface area is 88.9 Å². The summed E-state index contributed by atoms with van der Waals surface area (Å²) in [5.41, 5.74) is 1.26. The lowest BCUT2D eigenvalue weighted by atomic mass is 10.1. The van der Waals surface area contributed by atoms with Crippen LogP contribution in [0.3, 0.4) is 0 Å². The van der Waals surface area contributed by atoms with E-state index in [9.17, 15) is 0 Å². The topological polar surface area (TPSA) is 22.1 Å². The summed E-state index contributed by atoms with van der Waals surface area (Å²) in [4.78, 5) is 4.48. The number of pyridine rings is 1. The monoisotopic (exact) mass is 199 g/mol. The minimum absolute atomic E-state index is 0.696. The number of aromatic nitrogens is 1. The van der Waals surface area contributed by atoms with Crippen LogP contribution in [0.15, 0.2) is 30.5 Å². The second-order valence-electron chi connectivity index (χ2n) is 4.06. The highest BCUT2D eigenvalue weighted by Crippen LogP contribution is 2.42. The zero-order valence-corrected chi connectivity index (χ0v) is 8.73. The summed E-state index contributed by atoms with van der Waals surface area (Å²) >= 11 is 0. The van der Waals surface area contributed by atoms with Crippen LogP contribution in [0, 0.1) is 0 Å². The molecule has 1 aliphatic rings. The SMILES string of the molecule is COc1ccc2c(C3CC3)nccc2c1. The fraction of sp³-hybridized carbons (Fsp3) is 0.308. The molecule has 0 radical (unpaired) electrons. The average Bonchev–Trinajstić information content (AvgIpc) is 3.11. The molecule has 0 bridgehead atoms. The molecule has 1 fully saturated rings. The van der Waals surface area contributed by atoms with Gasteiger partial charge >= 0.3 is 0 Å². The van der Waals surface area contributed by atoms with Gasteiger partial charge in [-0.25, -0.2) is 0 Å². The maximum absolute atomic E-state index is 5.22. The van der Waals surface area contributed by atoms with Gasteiger partial charge in [0.05, 0.1) is 12.8 Å². The average molecular weight is 199 g/mol. The summed E-state index contributed by atoms with van der Waals surface area (Å²) in [5, 5.41) is 2.51. The highest BCUT2D eigenvalue weighted by Gasteiger charge is 2.26. The molecule has 0 amide bonds. The van der Waals surface area contributed by atoms with Crippen molar-refractivity contribution in [2.45, 2.75) is 18.8 Å². The Balaban J connectivity index is 2.21. The van der Waals surface area contributed by atoms with Gasteiger partial charge in [0.2, 0.25) is 0 Å². The van der Waals surface area contributed by atoms with Crippen LogP contribution in [0.25, 0.3) is 10.8 Å². The van der Waals surface area contributed by atoms with Crippen molar-refractivity contribution in [3.05, 3.63) is 36.2 Å². The number of benzene rings is 1. The van der Waals surface area contributed by atoms with Crippen LogP contribution in [0.4, 0.5) is 0 Å². The molecule has 0 aliphatic heterocycles. The van der Waals surface area contributed by atoms with Crippen molar-refractivity contribution in [1.82, 2.24) is 4.98 Å². The van der Waals surface area contributed by atoms with Crippen molar-refractivity contribution in [2.24, 2.45) is 0 Å². The summed E-state index contributed by atoms with van der Waals surface area (Å²) < 4.78 is 5.22. The molecule has 15 heavy (non-hydrogen) atoms. The van der Waals surface area contributed by atoms with Crippen molar-refractivity contribution >= 4 is 10.8 Å². The zero-order chi connectivity index (χ0) is 10.3. The molecule has 2 heteroatoms. The van der Waals surface area contributed by atoms with E-state index in [4.69, 9.17) is 4.74 Å². The standard InChI is InChI=1S/C13H13NO/c1-15-11-4-5-12-10(8-11)6-7-14-13(12)9-2-3-9/h4-9H,2-3H2,1H3. The normalized spacial score (nSPS) is 15.5. The van der Waals surface area contributed by atoms with E-state index < -0.39 is 0 Å². The summed E-state index contributed by atoms with van der Waals surface area (Å²) in [6, 6.07) is 8.25. The number of nitrogens with zero attached hydrogens (tertiary/aromatic N) is 1. The first-order chi connectivity index (χ1) is 7.38. The Morgan fingerprint density at radius 3 is 2.87 bits per heavy atom. The third-order valence-corrected chi connectivity index (χ3v) is 2.97. The van der Waals surface area contributed by atoms with Crippen molar-refractivity contribution in [3.63, 3.8) is 0 Å². The highest BCUT2D eigenvalue weighted by atomic mass is 16.5. The van der Waals surface area contributed by atoms with Gasteiger partial charge in [-0.1, -0.05) is 0 Å². The largest absolute Gasteiger partial charge is 0.497 e. The molecule has 1 saturated carbocycles. The molecule has 3 rings (SSSR count). The van der Waals surface area contributed by atoms with E-state index in [0.29, 0.717) is 5.92 Å². The number of rotatable bonds is 2. The molecule has 76 valence electrons. The summed E-state index contributed by atoms with van der Waals surface area (Å²) in [7, 11) is 1.70. The molecule has 0 spiro atoms. The van der Waals surface area contributed by atoms with Gasteiger partial charge in [0.25, 0.3) is 0 Å². The maximum Gasteiger partial charge on any atom is 0.119 e. The van der Waals surface area contributed by atoms with Crippen LogP contribution >= 0.6 is 0 Å². The van der Waals surface area contributed by atoms with E-state index >= 15 is 0 Å². The molecule has 1 heterocycles. The predicted molar refractivity (Wildman–Crippen MR) is 60.3 cm³/mol.